The number of benzene rings is 4. The SMILES string of the molecule is CCOC(=O)C1=C(c2ccccc2)N=c2s/c(=C\c3ccc(OCc4ccc(C#N)cc4)c(OC)c3)c(=O)n2[C@H]1c1ccccc1. The summed E-state index contributed by atoms with van der Waals surface area (Å²) in [6.45, 7) is 2.24. The first-order valence-electron chi connectivity index (χ1n) is 14.6. The summed E-state index contributed by atoms with van der Waals surface area (Å²) in [5.74, 6) is 0.531. The Hall–Kier alpha value is -5.72. The zero-order valence-corrected chi connectivity index (χ0v) is 26.0. The lowest BCUT2D eigenvalue weighted by Crippen LogP contribution is -2.39. The van der Waals surface area contributed by atoms with Crippen molar-refractivity contribution >= 4 is 29.1 Å². The fourth-order valence-corrected chi connectivity index (χ4v) is 6.27. The first-order valence-corrected chi connectivity index (χ1v) is 15.5. The van der Waals surface area contributed by atoms with Crippen LogP contribution in [0.2, 0.25) is 0 Å². The molecule has 1 atom stereocenters. The van der Waals surface area contributed by atoms with Crippen molar-refractivity contribution in [2.24, 2.45) is 4.99 Å². The van der Waals surface area contributed by atoms with Crippen LogP contribution in [0.1, 0.15) is 40.8 Å². The van der Waals surface area contributed by atoms with E-state index in [1.54, 1.807) is 48.9 Å². The van der Waals surface area contributed by atoms with Crippen LogP contribution in [0.15, 0.2) is 118 Å². The molecule has 0 spiro atoms. The van der Waals surface area contributed by atoms with Gasteiger partial charge in [-0.3, -0.25) is 9.36 Å². The molecule has 1 aliphatic heterocycles. The van der Waals surface area contributed by atoms with Gasteiger partial charge in [0, 0.05) is 5.56 Å². The molecule has 228 valence electrons. The Kier molecular flexibility index (Phi) is 8.90. The summed E-state index contributed by atoms with van der Waals surface area (Å²) in [5.41, 5.74) is 4.27. The topological polar surface area (TPSA) is 103 Å². The molecule has 0 amide bonds. The minimum Gasteiger partial charge on any atom is -0.493 e. The molecule has 1 aromatic heterocycles. The molecule has 2 heterocycles. The van der Waals surface area contributed by atoms with Gasteiger partial charge >= 0.3 is 5.97 Å². The number of nitriles is 1. The average Bonchev–Trinajstić information content (AvgIpc) is 3.41. The second-order valence-corrected chi connectivity index (χ2v) is 11.4. The summed E-state index contributed by atoms with van der Waals surface area (Å²) in [6.07, 6.45) is 1.79. The standard InChI is InChI=1S/C37H29N3O5S/c1-3-44-36(42)32-33(27-10-6-4-7-11-27)39-37-40(34(32)28-12-8-5-9-13-28)35(41)31(46-37)21-26-18-19-29(30(20-26)43-2)45-23-25-16-14-24(22-38)15-17-25/h4-21,34H,3,23H2,1-2H3/b31-21-/t34-/m0/s1. The molecular formula is C37H29N3O5S. The number of rotatable bonds is 9. The monoisotopic (exact) mass is 627 g/mol. The van der Waals surface area contributed by atoms with Crippen molar-refractivity contribution in [1.82, 2.24) is 4.57 Å². The number of hydrogen-bond donors (Lipinski definition) is 0. The normalized spacial score (nSPS) is 14.2. The maximum absolute atomic E-state index is 14.1. The number of thiazole rings is 1. The highest BCUT2D eigenvalue weighted by molar-refractivity contribution is 7.07. The molecule has 0 N–H and O–H groups in total. The van der Waals surface area contributed by atoms with Crippen LogP contribution in [0.4, 0.5) is 0 Å². The molecule has 0 bridgehead atoms. The van der Waals surface area contributed by atoms with E-state index in [1.165, 1.54) is 11.3 Å². The van der Waals surface area contributed by atoms with Crippen LogP contribution in [0.25, 0.3) is 11.8 Å². The molecule has 8 nitrogen and oxygen atoms in total. The van der Waals surface area contributed by atoms with Gasteiger partial charge in [0.25, 0.3) is 5.56 Å². The van der Waals surface area contributed by atoms with E-state index in [4.69, 9.17) is 24.5 Å². The first-order chi connectivity index (χ1) is 22.5. The molecule has 0 fully saturated rings. The van der Waals surface area contributed by atoms with E-state index in [0.717, 1.165) is 22.3 Å². The molecule has 0 aliphatic carbocycles. The van der Waals surface area contributed by atoms with Gasteiger partial charge in [0.2, 0.25) is 0 Å². The van der Waals surface area contributed by atoms with Crippen LogP contribution < -0.4 is 24.4 Å². The number of carbonyl (C=O) groups excluding carboxylic acids is 1. The van der Waals surface area contributed by atoms with Gasteiger partial charge in [0.15, 0.2) is 16.3 Å². The van der Waals surface area contributed by atoms with Crippen molar-refractivity contribution in [3.63, 3.8) is 0 Å². The first kappa shape index (κ1) is 30.3. The van der Waals surface area contributed by atoms with Crippen molar-refractivity contribution in [1.29, 1.82) is 5.26 Å². The van der Waals surface area contributed by atoms with E-state index in [2.05, 4.69) is 6.07 Å². The minimum atomic E-state index is -0.735. The number of ether oxygens (including phenoxy) is 3. The molecule has 46 heavy (non-hydrogen) atoms. The number of aromatic nitrogens is 1. The minimum absolute atomic E-state index is 0.186. The van der Waals surface area contributed by atoms with Crippen LogP contribution in [0.5, 0.6) is 11.5 Å². The quantitative estimate of drug-likeness (QED) is 0.203. The van der Waals surface area contributed by atoms with E-state index in [0.29, 0.717) is 44.3 Å². The Balaban J connectivity index is 1.43. The van der Waals surface area contributed by atoms with Crippen molar-refractivity contribution in [3.05, 3.63) is 156 Å². The average molecular weight is 628 g/mol. The van der Waals surface area contributed by atoms with Crippen LogP contribution in [-0.2, 0) is 16.1 Å². The summed E-state index contributed by atoms with van der Waals surface area (Å²) in [7, 11) is 1.56. The summed E-state index contributed by atoms with van der Waals surface area (Å²) >= 11 is 1.26. The largest absolute Gasteiger partial charge is 0.493 e. The Morgan fingerprint density at radius 1 is 0.978 bits per heavy atom. The van der Waals surface area contributed by atoms with Gasteiger partial charge in [0.05, 0.1) is 47.2 Å². The van der Waals surface area contributed by atoms with Gasteiger partial charge in [0.1, 0.15) is 6.61 Å². The second-order valence-electron chi connectivity index (χ2n) is 10.3. The third-order valence-electron chi connectivity index (χ3n) is 7.45. The van der Waals surface area contributed by atoms with Crippen LogP contribution in [0, 0.1) is 11.3 Å². The van der Waals surface area contributed by atoms with Crippen LogP contribution in [-0.4, -0.2) is 24.3 Å². The lowest BCUT2D eigenvalue weighted by atomic mass is 9.93. The Bertz CT molecular complexity index is 2150. The molecule has 0 unspecified atom stereocenters. The highest BCUT2D eigenvalue weighted by Gasteiger charge is 2.35. The van der Waals surface area contributed by atoms with Crippen molar-refractivity contribution in [3.8, 4) is 17.6 Å². The van der Waals surface area contributed by atoms with Crippen molar-refractivity contribution in [2.45, 2.75) is 19.6 Å². The van der Waals surface area contributed by atoms with E-state index in [9.17, 15) is 9.59 Å². The van der Waals surface area contributed by atoms with Crippen molar-refractivity contribution < 1.29 is 19.0 Å². The molecule has 9 heteroatoms. The molecule has 0 saturated heterocycles. The van der Waals surface area contributed by atoms with Gasteiger partial charge in [-0.1, -0.05) is 90.2 Å². The molecule has 0 radical (unpaired) electrons. The van der Waals surface area contributed by atoms with Gasteiger partial charge < -0.3 is 14.2 Å². The fraction of sp³-hybridized carbons (Fsp3) is 0.135. The Morgan fingerprint density at radius 3 is 2.37 bits per heavy atom. The van der Waals surface area contributed by atoms with E-state index in [1.807, 2.05) is 78.9 Å². The molecule has 1 aliphatic rings. The highest BCUT2D eigenvalue weighted by Crippen LogP contribution is 2.35. The highest BCUT2D eigenvalue weighted by atomic mass is 32.1. The lowest BCUT2D eigenvalue weighted by Gasteiger charge is -2.25. The third-order valence-corrected chi connectivity index (χ3v) is 8.43. The number of nitrogens with zero attached hydrogens (tertiary/aromatic N) is 3. The lowest BCUT2D eigenvalue weighted by molar-refractivity contribution is -0.138. The predicted octanol–water partition coefficient (Wildman–Crippen LogP) is 5.39. The fourth-order valence-electron chi connectivity index (χ4n) is 5.27. The summed E-state index contributed by atoms with van der Waals surface area (Å²) < 4.78 is 19.2. The maximum atomic E-state index is 14.1. The molecule has 5 aromatic rings. The van der Waals surface area contributed by atoms with Gasteiger partial charge in [-0.25, -0.2) is 9.79 Å². The van der Waals surface area contributed by atoms with Gasteiger partial charge in [-0.2, -0.15) is 5.26 Å². The predicted molar refractivity (Wildman–Crippen MR) is 176 cm³/mol. The molecule has 6 rings (SSSR count). The molecular weight excluding hydrogens is 598 g/mol. The number of methoxy groups -OCH3 is 1. The second kappa shape index (κ2) is 13.5. The third kappa shape index (κ3) is 6.11. The van der Waals surface area contributed by atoms with E-state index in [-0.39, 0.29) is 12.2 Å². The smallest absolute Gasteiger partial charge is 0.338 e. The number of carbonyl (C=O) groups is 1. The van der Waals surface area contributed by atoms with Gasteiger partial charge in [-0.15, -0.1) is 0 Å². The Morgan fingerprint density at radius 2 is 1.70 bits per heavy atom. The zero-order valence-electron chi connectivity index (χ0n) is 25.2. The summed E-state index contributed by atoms with van der Waals surface area (Å²) in [6, 6.07) is 32.9. The summed E-state index contributed by atoms with van der Waals surface area (Å²) in [4.78, 5) is 33.1. The number of hydrogen-bond acceptors (Lipinski definition) is 8. The van der Waals surface area contributed by atoms with Crippen LogP contribution >= 0.6 is 11.3 Å². The van der Waals surface area contributed by atoms with Crippen molar-refractivity contribution in [2.75, 3.05) is 13.7 Å². The van der Waals surface area contributed by atoms with Crippen LogP contribution in [0.3, 0.4) is 0 Å². The maximum Gasteiger partial charge on any atom is 0.338 e. The summed E-state index contributed by atoms with van der Waals surface area (Å²) in [5, 5.41) is 9.03. The number of esters is 1. The van der Waals surface area contributed by atoms with E-state index < -0.39 is 12.0 Å². The zero-order chi connectivity index (χ0) is 32.0. The molecule has 0 saturated carbocycles. The number of fused-ring (bicyclic) bond motifs is 1. The van der Waals surface area contributed by atoms with Gasteiger partial charge in [-0.05, 0) is 54.0 Å². The van der Waals surface area contributed by atoms with E-state index >= 15 is 0 Å². The Labute approximate surface area is 269 Å². The molecule has 4 aromatic carbocycles.